The summed E-state index contributed by atoms with van der Waals surface area (Å²) >= 11 is 6.96. The number of amidine groups is 1. The number of para-hydroxylation sites is 1. The van der Waals surface area contributed by atoms with E-state index in [1.165, 1.54) is 15.7 Å². The normalized spacial score (nSPS) is 13.0. The topological polar surface area (TPSA) is 53.6 Å². The highest BCUT2D eigenvalue weighted by Crippen LogP contribution is 2.39. The van der Waals surface area contributed by atoms with Crippen LogP contribution in [0, 0.1) is 0 Å². The van der Waals surface area contributed by atoms with Gasteiger partial charge in [0.25, 0.3) is 0 Å². The smallest absolute Gasteiger partial charge is 0.190 e. The van der Waals surface area contributed by atoms with Crippen molar-refractivity contribution in [3.63, 3.8) is 0 Å². The second-order valence-corrected chi connectivity index (χ2v) is 7.01. The molecule has 124 valence electrons. The predicted molar refractivity (Wildman–Crippen MR) is 111 cm³/mol. The van der Waals surface area contributed by atoms with Gasteiger partial charge in [-0.2, -0.15) is 0 Å². The molecule has 0 aromatic heterocycles. The van der Waals surface area contributed by atoms with Gasteiger partial charge in [-0.1, -0.05) is 48.5 Å². The molecule has 0 unspecified atom stereocenters. The summed E-state index contributed by atoms with van der Waals surface area (Å²) in [6, 6.07) is 22.3. The monoisotopic (exact) mass is 364 g/mol. The van der Waals surface area contributed by atoms with E-state index in [4.69, 9.17) is 22.9 Å². The zero-order valence-corrected chi connectivity index (χ0v) is 15.0. The van der Waals surface area contributed by atoms with Gasteiger partial charge in [-0.3, -0.25) is 5.43 Å². The Morgan fingerprint density at radius 1 is 1.04 bits per heavy atom. The number of hydrogen-bond donors (Lipinski definition) is 2. The maximum Gasteiger partial charge on any atom is 0.190 e. The van der Waals surface area contributed by atoms with Crippen LogP contribution in [0.4, 0.5) is 11.4 Å². The first-order chi connectivity index (χ1) is 12.2. The number of fused-ring (bicyclic) bond motifs is 3. The van der Waals surface area contributed by atoms with Crippen molar-refractivity contribution in [3.8, 4) is 0 Å². The van der Waals surface area contributed by atoms with Crippen LogP contribution in [0.2, 0.25) is 0 Å². The van der Waals surface area contributed by atoms with E-state index in [-0.39, 0.29) is 5.11 Å². The van der Waals surface area contributed by atoms with Gasteiger partial charge >= 0.3 is 0 Å². The second kappa shape index (κ2) is 6.74. The first-order valence-electron chi connectivity index (χ1n) is 7.86. The first kappa shape index (κ1) is 15.9. The molecule has 3 aromatic carbocycles. The van der Waals surface area contributed by atoms with E-state index in [1.54, 1.807) is 16.8 Å². The van der Waals surface area contributed by atoms with Gasteiger partial charge in [0.05, 0.1) is 17.1 Å². The lowest BCUT2D eigenvalue weighted by atomic mass is 10.1. The number of hydrazine groups is 1. The molecule has 25 heavy (non-hydrogen) atoms. The molecular formula is C19H16N4S2. The molecule has 1 heterocycles. The number of thiocarbonyl (C=S) groups is 1. The fourth-order valence-electron chi connectivity index (χ4n) is 2.80. The average Bonchev–Trinajstić information content (AvgIpc) is 2.66. The Kier molecular flexibility index (Phi) is 4.29. The summed E-state index contributed by atoms with van der Waals surface area (Å²) in [5.74, 6) is 1.55. The molecule has 1 aliphatic heterocycles. The van der Waals surface area contributed by atoms with E-state index in [2.05, 4.69) is 41.8 Å². The van der Waals surface area contributed by atoms with Crippen LogP contribution in [0.25, 0.3) is 10.8 Å². The fourth-order valence-corrected chi connectivity index (χ4v) is 3.96. The third-order valence-corrected chi connectivity index (χ3v) is 5.26. The highest BCUT2D eigenvalue weighted by molar-refractivity contribution is 8.00. The van der Waals surface area contributed by atoms with Crippen LogP contribution in [0.15, 0.2) is 76.6 Å². The van der Waals surface area contributed by atoms with Crippen LogP contribution in [0.1, 0.15) is 0 Å². The Balaban J connectivity index is 1.67. The number of rotatable bonds is 1. The molecule has 4 nitrogen and oxygen atoms in total. The molecule has 0 saturated heterocycles. The van der Waals surface area contributed by atoms with Gasteiger partial charge in [-0.05, 0) is 41.2 Å². The van der Waals surface area contributed by atoms with Crippen LogP contribution < -0.4 is 16.2 Å². The van der Waals surface area contributed by atoms with E-state index in [9.17, 15) is 0 Å². The van der Waals surface area contributed by atoms with Gasteiger partial charge in [0.15, 0.2) is 5.11 Å². The van der Waals surface area contributed by atoms with E-state index >= 15 is 0 Å². The van der Waals surface area contributed by atoms with Crippen LogP contribution in [-0.2, 0) is 0 Å². The zero-order valence-electron chi connectivity index (χ0n) is 13.3. The van der Waals surface area contributed by atoms with Crippen molar-refractivity contribution >= 4 is 57.1 Å². The lowest BCUT2D eigenvalue weighted by Crippen LogP contribution is -2.50. The SMILES string of the molecule is NC(=S)N(NC1=Nc2ccc3ccccc3c2SC1)c1ccccc1. The number of nitrogens with one attached hydrogen (secondary N) is 1. The van der Waals surface area contributed by atoms with Crippen molar-refractivity contribution < 1.29 is 0 Å². The van der Waals surface area contributed by atoms with Gasteiger partial charge < -0.3 is 5.73 Å². The van der Waals surface area contributed by atoms with Crippen LogP contribution in [0.5, 0.6) is 0 Å². The molecule has 0 radical (unpaired) electrons. The number of thioether (sulfide) groups is 1. The standard InChI is InChI=1S/C19H16N4S2/c20-19(24)23(14-7-2-1-3-8-14)22-17-12-25-18-15-9-5-4-6-13(15)10-11-16(18)21-17/h1-11H,12H2,(H2,20,24)(H,21,22). The highest BCUT2D eigenvalue weighted by atomic mass is 32.2. The summed E-state index contributed by atoms with van der Waals surface area (Å²) in [4.78, 5) is 5.98. The van der Waals surface area contributed by atoms with Crippen molar-refractivity contribution in [2.24, 2.45) is 10.7 Å². The third kappa shape index (κ3) is 3.18. The van der Waals surface area contributed by atoms with Crippen molar-refractivity contribution in [3.05, 3.63) is 66.7 Å². The lowest BCUT2D eigenvalue weighted by molar-refractivity contribution is 0.957. The average molecular weight is 364 g/mol. The summed E-state index contributed by atoms with van der Waals surface area (Å²) in [7, 11) is 0. The maximum atomic E-state index is 5.89. The Morgan fingerprint density at radius 3 is 2.60 bits per heavy atom. The summed E-state index contributed by atoms with van der Waals surface area (Å²) in [5, 5.41) is 4.40. The van der Waals surface area contributed by atoms with Gasteiger partial charge in [-0.25, -0.2) is 10.0 Å². The molecule has 6 heteroatoms. The number of hydrogen-bond acceptors (Lipinski definition) is 4. The Bertz CT molecular complexity index is 970. The Morgan fingerprint density at radius 2 is 1.80 bits per heavy atom. The summed E-state index contributed by atoms with van der Waals surface area (Å²) in [5.41, 5.74) is 11.0. The molecule has 0 aliphatic carbocycles. The van der Waals surface area contributed by atoms with Crippen molar-refractivity contribution in [2.45, 2.75) is 4.90 Å². The predicted octanol–water partition coefficient (Wildman–Crippen LogP) is 4.23. The van der Waals surface area contributed by atoms with Gasteiger partial charge in [0.2, 0.25) is 0 Å². The van der Waals surface area contributed by atoms with Crippen molar-refractivity contribution in [1.29, 1.82) is 0 Å². The Labute approximate surface area is 155 Å². The number of aliphatic imine (C=N–C) groups is 1. The molecule has 0 amide bonds. The van der Waals surface area contributed by atoms with Crippen molar-refractivity contribution in [2.75, 3.05) is 10.8 Å². The summed E-state index contributed by atoms with van der Waals surface area (Å²) in [6.45, 7) is 0. The van der Waals surface area contributed by atoms with Crippen LogP contribution in [-0.4, -0.2) is 16.7 Å². The van der Waals surface area contributed by atoms with Gasteiger partial charge in [0.1, 0.15) is 5.84 Å². The summed E-state index contributed by atoms with van der Waals surface area (Å²) in [6.07, 6.45) is 0. The van der Waals surface area contributed by atoms with E-state index in [0.717, 1.165) is 23.0 Å². The minimum Gasteiger partial charge on any atom is -0.374 e. The third-order valence-electron chi connectivity index (χ3n) is 3.94. The number of nitrogens with two attached hydrogens (primary N) is 1. The van der Waals surface area contributed by atoms with Crippen molar-refractivity contribution in [1.82, 2.24) is 5.43 Å². The first-order valence-corrected chi connectivity index (χ1v) is 9.25. The number of anilines is 1. The van der Waals surface area contributed by atoms with E-state index < -0.39 is 0 Å². The second-order valence-electron chi connectivity index (χ2n) is 5.60. The Hall–Kier alpha value is -2.57. The molecule has 3 aromatic rings. The zero-order chi connectivity index (χ0) is 17.2. The molecule has 3 N–H and O–H groups in total. The lowest BCUT2D eigenvalue weighted by Gasteiger charge is -2.27. The van der Waals surface area contributed by atoms with Gasteiger partial charge in [0, 0.05) is 4.90 Å². The maximum absolute atomic E-state index is 5.89. The molecule has 0 saturated carbocycles. The minimum atomic E-state index is 0.253. The number of benzene rings is 3. The molecule has 0 atom stereocenters. The van der Waals surface area contributed by atoms with Gasteiger partial charge in [-0.15, -0.1) is 11.8 Å². The molecule has 4 rings (SSSR count). The van der Waals surface area contributed by atoms with E-state index in [1.807, 2.05) is 30.3 Å². The summed E-state index contributed by atoms with van der Waals surface area (Å²) < 4.78 is 0. The quantitative estimate of drug-likeness (QED) is 0.500. The molecule has 0 fully saturated rings. The van der Waals surface area contributed by atoms with Crippen LogP contribution >= 0.6 is 24.0 Å². The molecule has 0 bridgehead atoms. The largest absolute Gasteiger partial charge is 0.374 e. The van der Waals surface area contributed by atoms with E-state index in [0.29, 0.717) is 0 Å². The van der Waals surface area contributed by atoms with Crippen LogP contribution in [0.3, 0.4) is 0 Å². The fraction of sp³-hybridized carbons (Fsp3) is 0.0526. The molecule has 1 aliphatic rings. The molecule has 0 spiro atoms. The highest BCUT2D eigenvalue weighted by Gasteiger charge is 2.18. The number of nitrogens with zero attached hydrogens (tertiary/aromatic N) is 2. The molecular weight excluding hydrogens is 348 g/mol. The minimum absolute atomic E-state index is 0.253.